The molecule has 3 rings (SSSR count). The van der Waals surface area contributed by atoms with Gasteiger partial charge in [-0.2, -0.15) is 4.31 Å². The number of nitrogens with zero attached hydrogens (tertiary/aromatic N) is 2. The summed E-state index contributed by atoms with van der Waals surface area (Å²) in [4.78, 5) is 14.4. The fourth-order valence-corrected chi connectivity index (χ4v) is 5.62. The van der Waals surface area contributed by atoms with Gasteiger partial charge in [-0.3, -0.25) is 4.79 Å². The number of aryl methyl sites for hydroxylation is 2. The van der Waals surface area contributed by atoms with E-state index in [1.807, 2.05) is 32.0 Å². The first-order valence-electron chi connectivity index (χ1n) is 8.75. The number of piperazine rings is 1. The lowest BCUT2D eigenvalue weighted by molar-refractivity contribution is 0.0697. The second-order valence-corrected chi connectivity index (χ2v) is 9.15. The van der Waals surface area contributed by atoms with Crippen LogP contribution in [-0.4, -0.2) is 55.0 Å². The fraction of sp³-hybridized carbons (Fsp3) is 0.611. The van der Waals surface area contributed by atoms with E-state index in [-0.39, 0.29) is 11.2 Å². The van der Waals surface area contributed by atoms with E-state index in [0.29, 0.717) is 31.7 Å². The van der Waals surface area contributed by atoms with Gasteiger partial charge in [0.1, 0.15) is 0 Å². The molecule has 0 aromatic heterocycles. The zero-order valence-electron chi connectivity index (χ0n) is 14.5. The van der Waals surface area contributed by atoms with Crippen molar-refractivity contribution in [3.05, 3.63) is 34.9 Å². The number of carbonyl (C=O) groups excluding carboxylic acids is 1. The van der Waals surface area contributed by atoms with Gasteiger partial charge in [0.15, 0.2) is 0 Å². The third kappa shape index (κ3) is 3.35. The molecule has 1 aromatic rings. The smallest absolute Gasteiger partial charge is 0.253 e. The lowest BCUT2D eigenvalue weighted by Crippen LogP contribution is -2.52. The highest BCUT2D eigenvalue weighted by molar-refractivity contribution is 7.89. The highest BCUT2D eigenvalue weighted by Crippen LogP contribution is 2.27. The Morgan fingerprint density at radius 3 is 2.21 bits per heavy atom. The zero-order chi connectivity index (χ0) is 17.3. The van der Waals surface area contributed by atoms with E-state index >= 15 is 0 Å². The summed E-state index contributed by atoms with van der Waals surface area (Å²) in [6.07, 6.45) is 3.58. The minimum Gasteiger partial charge on any atom is -0.336 e. The Kier molecular flexibility index (Phi) is 4.97. The van der Waals surface area contributed by atoms with E-state index in [1.165, 1.54) is 5.56 Å². The van der Waals surface area contributed by atoms with Crippen LogP contribution in [0.15, 0.2) is 18.2 Å². The Balaban J connectivity index is 1.64. The quantitative estimate of drug-likeness (QED) is 0.841. The molecular weight excluding hydrogens is 324 g/mol. The van der Waals surface area contributed by atoms with E-state index < -0.39 is 10.0 Å². The number of hydrogen-bond acceptors (Lipinski definition) is 3. The highest BCUT2D eigenvalue weighted by atomic mass is 32.2. The minimum atomic E-state index is -3.19. The van der Waals surface area contributed by atoms with E-state index in [2.05, 4.69) is 0 Å². The standard InChI is InChI=1S/C18H26N2O3S/c1-14-7-8-16(13-15(14)2)18(21)19-9-11-20(12-10-19)24(22,23)17-5-3-4-6-17/h7-8,13,17H,3-6,9-12H2,1-2H3. The van der Waals surface area contributed by atoms with Gasteiger partial charge < -0.3 is 4.90 Å². The lowest BCUT2D eigenvalue weighted by Gasteiger charge is -2.35. The average Bonchev–Trinajstić information content (AvgIpc) is 3.12. The molecule has 24 heavy (non-hydrogen) atoms. The van der Waals surface area contributed by atoms with Crippen LogP contribution in [0.2, 0.25) is 0 Å². The molecule has 1 heterocycles. The van der Waals surface area contributed by atoms with Crippen molar-refractivity contribution >= 4 is 15.9 Å². The summed E-state index contributed by atoms with van der Waals surface area (Å²) in [6, 6.07) is 5.73. The Morgan fingerprint density at radius 1 is 1.00 bits per heavy atom. The molecule has 132 valence electrons. The number of sulfonamides is 1. The Morgan fingerprint density at radius 2 is 1.62 bits per heavy atom. The first-order chi connectivity index (χ1) is 11.4. The molecular formula is C18H26N2O3S. The van der Waals surface area contributed by atoms with E-state index in [0.717, 1.165) is 31.2 Å². The molecule has 0 bridgehead atoms. The summed E-state index contributed by atoms with van der Waals surface area (Å²) < 4.78 is 26.9. The van der Waals surface area contributed by atoms with Crippen molar-refractivity contribution in [1.29, 1.82) is 0 Å². The molecule has 2 aliphatic rings. The molecule has 1 aliphatic carbocycles. The molecule has 1 saturated heterocycles. The molecule has 1 amide bonds. The van der Waals surface area contributed by atoms with E-state index in [4.69, 9.17) is 0 Å². The SMILES string of the molecule is Cc1ccc(C(=O)N2CCN(S(=O)(=O)C3CCCC3)CC2)cc1C. The average molecular weight is 350 g/mol. The van der Waals surface area contributed by atoms with Gasteiger partial charge in [-0.05, 0) is 49.9 Å². The molecule has 0 N–H and O–H groups in total. The highest BCUT2D eigenvalue weighted by Gasteiger charge is 2.36. The maximum Gasteiger partial charge on any atom is 0.253 e. The molecule has 0 unspecified atom stereocenters. The maximum atomic E-state index is 12.6. The van der Waals surface area contributed by atoms with Gasteiger partial charge in [0.05, 0.1) is 5.25 Å². The van der Waals surface area contributed by atoms with Crippen LogP contribution in [0.3, 0.4) is 0 Å². The lowest BCUT2D eigenvalue weighted by atomic mass is 10.1. The van der Waals surface area contributed by atoms with Gasteiger partial charge in [0.2, 0.25) is 10.0 Å². The van der Waals surface area contributed by atoms with Gasteiger partial charge in [-0.25, -0.2) is 8.42 Å². The first-order valence-corrected chi connectivity index (χ1v) is 10.3. The van der Waals surface area contributed by atoms with Crippen LogP contribution >= 0.6 is 0 Å². The van der Waals surface area contributed by atoms with Gasteiger partial charge in [-0.1, -0.05) is 18.9 Å². The molecule has 1 aliphatic heterocycles. The second-order valence-electron chi connectivity index (χ2n) is 6.94. The predicted octanol–water partition coefficient (Wildman–Crippen LogP) is 2.33. The summed E-state index contributed by atoms with van der Waals surface area (Å²) >= 11 is 0. The normalized spacial score (nSPS) is 20.5. The first kappa shape index (κ1) is 17.4. The Bertz CT molecular complexity index is 716. The van der Waals surface area contributed by atoms with Gasteiger partial charge in [0, 0.05) is 31.7 Å². The summed E-state index contributed by atoms with van der Waals surface area (Å²) in [5.74, 6) is -0.00369. The van der Waals surface area contributed by atoms with Crippen LogP contribution in [0.4, 0.5) is 0 Å². The van der Waals surface area contributed by atoms with Gasteiger partial charge in [0.25, 0.3) is 5.91 Å². The maximum absolute atomic E-state index is 12.6. The monoisotopic (exact) mass is 350 g/mol. The topological polar surface area (TPSA) is 57.7 Å². The third-order valence-corrected chi connectivity index (χ3v) is 7.76. The summed E-state index contributed by atoms with van der Waals surface area (Å²) in [7, 11) is -3.19. The second kappa shape index (κ2) is 6.84. The fourth-order valence-electron chi connectivity index (χ4n) is 3.60. The Hall–Kier alpha value is -1.40. The summed E-state index contributed by atoms with van der Waals surface area (Å²) in [6.45, 7) is 5.79. The molecule has 6 heteroatoms. The number of hydrogen-bond donors (Lipinski definition) is 0. The predicted molar refractivity (Wildman–Crippen MR) is 94.6 cm³/mol. The van der Waals surface area contributed by atoms with Crippen molar-refractivity contribution in [3.8, 4) is 0 Å². The third-order valence-electron chi connectivity index (χ3n) is 5.36. The number of carbonyl (C=O) groups is 1. The number of amides is 1. The molecule has 0 spiro atoms. The van der Waals surface area contributed by atoms with Crippen molar-refractivity contribution in [3.63, 3.8) is 0 Å². The number of rotatable bonds is 3. The van der Waals surface area contributed by atoms with Gasteiger partial charge >= 0.3 is 0 Å². The van der Waals surface area contributed by atoms with Crippen molar-refractivity contribution in [1.82, 2.24) is 9.21 Å². The van der Waals surface area contributed by atoms with Crippen LogP contribution < -0.4 is 0 Å². The van der Waals surface area contributed by atoms with Crippen LogP contribution in [-0.2, 0) is 10.0 Å². The molecule has 1 saturated carbocycles. The van der Waals surface area contributed by atoms with Crippen LogP contribution in [0, 0.1) is 13.8 Å². The van der Waals surface area contributed by atoms with Crippen molar-refractivity contribution < 1.29 is 13.2 Å². The molecule has 0 radical (unpaired) electrons. The molecule has 0 atom stereocenters. The van der Waals surface area contributed by atoms with Crippen molar-refractivity contribution in [2.24, 2.45) is 0 Å². The summed E-state index contributed by atoms with van der Waals surface area (Å²) in [5, 5.41) is -0.209. The van der Waals surface area contributed by atoms with Crippen molar-refractivity contribution in [2.45, 2.75) is 44.8 Å². The minimum absolute atomic E-state index is 0.00369. The van der Waals surface area contributed by atoms with E-state index in [9.17, 15) is 13.2 Å². The molecule has 1 aromatic carbocycles. The largest absolute Gasteiger partial charge is 0.336 e. The van der Waals surface area contributed by atoms with Crippen LogP contribution in [0.1, 0.15) is 47.2 Å². The molecule has 5 nitrogen and oxygen atoms in total. The zero-order valence-corrected chi connectivity index (χ0v) is 15.3. The van der Waals surface area contributed by atoms with Gasteiger partial charge in [-0.15, -0.1) is 0 Å². The Labute approximate surface area is 144 Å². The number of benzene rings is 1. The van der Waals surface area contributed by atoms with Crippen LogP contribution in [0.5, 0.6) is 0 Å². The van der Waals surface area contributed by atoms with Crippen LogP contribution in [0.25, 0.3) is 0 Å². The van der Waals surface area contributed by atoms with E-state index in [1.54, 1.807) is 9.21 Å². The summed E-state index contributed by atoms with van der Waals surface area (Å²) in [5.41, 5.74) is 2.95. The van der Waals surface area contributed by atoms with Crippen molar-refractivity contribution in [2.75, 3.05) is 26.2 Å². The molecule has 2 fully saturated rings.